The Bertz CT molecular complexity index is 1630. The van der Waals surface area contributed by atoms with Crippen LogP contribution in [0, 0.1) is 13.8 Å². The Morgan fingerprint density at radius 2 is 1.77 bits per heavy atom. The number of carbonyl (C=O) groups excluding carboxylic acids is 3. The largest absolute Gasteiger partial charge is 0.486 e. The van der Waals surface area contributed by atoms with Crippen molar-refractivity contribution in [2.24, 2.45) is 7.05 Å². The van der Waals surface area contributed by atoms with E-state index in [0.29, 0.717) is 29.0 Å². The summed E-state index contributed by atoms with van der Waals surface area (Å²) in [6, 6.07) is 16.6. The molecule has 0 radical (unpaired) electrons. The van der Waals surface area contributed by atoms with E-state index in [1.807, 2.05) is 55.8 Å². The highest BCUT2D eigenvalue weighted by Crippen LogP contribution is 2.31. The quantitative estimate of drug-likeness (QED) is 0.304. The maximum absolute atomic E-state index is 11.9. The molecule has 0 aliphatic carbocycles. The van der Waals surface area contributed by atoms with Crippen molar-refractivity contribution >= 4 is 45.5 Å². The maximum atomic E-state index is 11.9. The molecule has 0 bridgehead atoms. The lowest BCUT2D eigenvalue weighted by atomic mass is 10.1. The predicted octanol–water partition coefficient (Wildman–Crippen LogP) is 5.41. The van der Waals surface area contributed by atoms with Crippen molar-refractivity contribution in [1.82, 2.24) is 14.9 Å². The third kappa shape index (κ3) is 5.91. The lowest BCUT2D eigenvalue weighted by molar-refractivity contribution is -0.119. The Hall–Kier alpha value is -4.31. The summed E-state index contributed by atoms with van der Waals surface area (Å²) in [6.45, 7) is 5.57. The minimum absolute atomic E-state index is 0.114. The molecule has 0 spiro atoms. The number of imidazole rings is 1. The van der Waals surface area contributed by atoms with Crippen molar-refractivity contribution in [3.63, 3.8) is 0 Å². The number of nitrogens with one attached hydrogen (secondary N) is 2. The van der Waals surface area contributed by atoms with Crippen LogP contribution in [-0.4, -0.2) is 31.8 Å². The van der Waals surface area contributed by atoms with E-state index in [1.54, 1.807) is 24.3 Å². The molecule has 1 aliphatic heterocycles. The molecule has 0 saturated carbocycles. The second-order valence-electron chi connectivity index (χ2n) is 9.33. The lowest BCUT2D eigenvalue weighted by Crippen LogP contribution is -2.25. The van der Waals surface area contributed by atoms with Gasteiger partial charge in [-0.05, 0) is 73.4 Å². The summed E-state index contributed by atoms with van der Waals surface area (Å²) < 4.78 is 22.3. The first-order valence-electron chi connectivity index (χ1n) is 12.8. The third-order valence-corrected chi connectivity index (χ3v) is 7.19. The zero-order valence-corrected chi connectivity index (χ0v) is 22.8. The van der Waals surface area contributed by atoms with Crippen LogP contribution in [0.4, 0.5) is 10.5 Å². The molecule has 1 fully saturated rings. The molecule has 10 heteroatoms. The van der Waals surface area contributed by atoms with E-state index < -0.39 is 16.4 Å². The van der Waals surface area contributed by atoms with Crippen molar-refractivity contribution in [2.75, 3.05) is 5.32 Å². The van der Waals surface area contributed by atoms with Gasteiger partial charge in [-0.25, -0.2) is 4.98 Å². The van der Waals surface area contributed by atoms with Gasteiger partial charge < -0.3 is 19.4 Å². The first-order chi connectivity index (χ1) is 19.0. The van der Waals surface area contributed by atoms with Gasteiger partial charge in [0, 0.05) is 25.7 Å². The molecule has 39 heavy (non-hydrogen) atoms. The van der Waals surface area contributed by atoms with Gasteiger partial charge in [-0.2, -0.15) is 0 Å². The third-order valence-electron chi connectivity index (χ3n) is 6.33. The monoisotopic (exact) mass is 545 g/mol. The van der Waals surface area contributed by atoms with Gasteiger partial charge in [0.15, 0.2) is 0 Å². The van der Waals surface area contributed by atoms with Crippen molar-refractivity contribution in [2.45, 2.75) is 39.0 Å². The number of hydrogen-bond donors (Lipinski definition) is 2. The molecular formula is C29H28N4O5S. The van der Waals surface area contributed by atoms with E-state index >= 15 is 0 Å². The van der Waals surface area contributed by atoms with Gasteiger partial charge in [0.1, 0.15) is 29.7 Å². The zero-order valence-electron chi connectivity index (χ0n) is 23.0. The fourth-order valence-corrected chi connectivity index (χ4v) is 5.15. The summed E-state index contributed by atoms with van der Waals surface area (Å²) in [7, 11) is 1.91. The maximum Gasteiger partial charge on any atom is 0.286 e. The standard InChI is InChI=1S/C29H28N4O5S/c1-16-11-22(12-17(2)27(16)30-18(3)34)38-21-9-10-23-24(14-21)33(4)26(31-23)15-37-20-7-5-19(6-8-20)13-25-28(35)32-29(36)39-25/h5-12,14,25H,13,15H2,1-4H3,(H,30,34)(H,32,35,36)/i25D. The van der Waals surface area contributed by atoms with E-state index in [-0.39, 0.29) is 18.9 Å². The summed E-state index contributed by atoms with van der Waals surface area (Å²) >= 11 is 0.693. The molecule has 9 nitrogen and oxygen atoms in total. The van der Waals surface area contributed by atoms with Crippen LogP contribution in [0.15, 0.2) is 54.6 Å². The molecule has 200 valence electrons. The van der Waals surface area contributed by atoms with Crippen molar-refractivity contribution in [1.29, 1.82) is 0 Å². The Kier molecular flexibility index (Phi) is 6.93. The van der Waals surface area contributed by atoms with E-state index in [4.69, 9.17) is 15.8 Å². The van der Waals surface area contributed by atoms with Crippen LogP contribution in [0.2, 0.25) is 0 Å². The van der Waals surface area contributed by atoms with Crippen LogP contribution >= 0.6 is 11.8 Å². The van der Waals surface area contributed by atoms with Gasteiger partial charge in [-0.1, -0.05) is 23.9 Å². The highest BCUT2D eigenvalue weighted by Gasteiger charge is 2.31. The van der Waals surface area contributed by atoms with Crippen LogP contribution in [0.3, 0.4) is 0 Å². The fraction of sp³-hybridized carbons (Fsp3) is 0.241. The Balaban J connectivity index is 1.26. The minimum Gasteiger partial charge on any atom is -0.486 e. The number of ether oxygens (including phenoxy) is 2. The summed E-state index contributed by atoms with van der Waals surface area (Å²) in [4.78, 5) is 39.6. The highest BCUT2D eigenvalue weighted by atomic mass is 32.2. The number of benzene rings is 3. The van der Waals surface area contributed by atoms with E-state index in [9.17, 15) is 14.4 Å². The molecular weight excluding hydrogens is 516 g/mol. The molecule has 1 aliphatic rings. The van der Waals surface area contributed by atoms with Gasteiger partial charge in [0.2, 0.25) is 11.8 Å². The van der Waals surface area contributed by atoms with E-state index in [0.717, 1.165) is 39.2 Å². The highest BCUT2D eigenvalue weighted by molar-refractivity contribution is 8.15. The Morgan fingerprint density at radius 3 is 2.41 bits per heavy atom. The smallest absolute Gasteiger partial charge is 0.286 e. The van der Waals surface area contributed by atoms with Gasteiger partial charge >= 0.3 is 0 Å². The molecule has 5 rings (SSSR count). The van der Waals surface area contributed by atoms with Crippen LogP contribution in [0.25, 0.3) is 11.0 Å². The molecule has 1 unspecified atom stereocenters. The van der Waals surface area contributed by atoms with Crippen LogP contribution < -0.4 is 20.1 Å². The van der Waals surface area contributed by atoms with Crippen LogP contribution in [0.5, 0.6) is 17.2 Å². The summed E-state index contributed by atoms with van der Waals surface area (Å²) in [6.07, 6.45) is 0.114. The Labute approximate surface area is 231 Å². The second-order valence-corrected chi connectivity index (χ2v) is 10.4. The number of aryl methyl sites for hydroxylation is 3. The first kappa shape index (κ1) is 25.0. The number of rotatable bonds is 8. The van der Waals surface area contributed by atoms with Crippen molar-refractivity contribution in [3.8, 4) is 17.2 Å². The minimum atomic E-state index is -1.55. The topological polar surface area (TPSA) is 112 Å². The van der Waals surface area contributed by atoms with Crippen LogP contribution in [0.1, 0.15) is 30.8 Å². The number of nitrogens with zero attached hydrogens (tertiary/aromatic N) is 2. The number of imide groups is 1. The van der Waals surface area contributed by atoms with Crippen LogP contribution in [-0.2, 0) is 29.7 Å². The lowest BCUT2D eigenvalue weighted by Gasteiger charge is -2.13. The van der Waals surface area contributed by atoms with Gasteiger partial charge in [-0.3, -0.25) is 19.7 Å². The molecule has 3 aromatic carbocycles. The fourth-order valence-electron chi connectivity index (χ4n) is 4.40. The molecule has 2 heterocycles. The summed E-state index contributed by atoms with van der Waals surface area (Å²) in [5, 5.41) is 2.98. The molecule has 3 amide bonds. The average molecular weight is 546 g/mol. The normalized spacial score (nSPS) is 17.2. The van der Waals surface area contributed by atoms with Crippen molar-refractivity contribution < 1.29 is 25.2 Å². The van der Waals surface area contributed by atoms with E-state index in [2.05, 4.69) is 10.6 Å². The number of carbonyl (C=O) groups is 3. The number of fused-ring (bicyclic) bond motifs is 1. The molecule has 1 aromatic heterocycles. The van der Waals surface area contributed by atoms with Gasteiger partial charge in [0.05, 0.1) is 17.6 Å². The molecule has 1 atom stereocenters. The number of aromatic nitrogens is 2. The second kappa shape index (κ2) is 10.8. The summed E-state index contributed by atoms with van der Waals surface area (Å²) in [5.74, 6) is 1.97. The first-order valence-corrected chi connectivity index (χ1v) is 13.1. The zero-order chi connectivity index (χ0) is 28.6. The summed E-state index contributed by atoms with van der Waals surface area (Å²) in [5.41, 5.74) is 5.06. The molecule has 2 N–H and O–H groups in total. The SMILES string of the molecule is [2H]C1(Cc2ccc(OCc3nc4ccc(Oc5cc(C)c(NC(C)=O)c(C)c5)cc4n3C)cc2)SC(=O)NC1=O. The number of amides is 3. The van der Waals surface area contributed by atoms with Gasteiger partial charge in [-0.15, -0.1) is 0 Å². The van der Waals surface area contributed by atoms with E-state index in [1.165, 1.54) is 6.92 Å². The van der Waals surface area contributed by atoms with Gasteiger partial charge in [0.25, 0.3) is 5.24 Å². The average Bonchev–Trinajstić information content (AvgIpc) is 3.34. The number of thioether (sulfide) groups is 1. The molecule has 1 saturated heterocycles. The van der Waals surface area contributed by atoms with Crippen molar-refractivity contribution in [3.05, 3.63) is 77.1 Å². The number of anilines is 1. The molecule has 4 aromatic rings. The Morgan fingerprint density at radius 1 is 1.08 bits per heavy atom. The number of hydrogen-bond acceptors (Lipinski definition) is 7. The predicted molar refractivity (Wildman–Crippen MR) is 150 cm³/mol.